The molecule has 0 saturated heterocycles. The third-order valence-electron chi connectivity index (χ3n) is 4.60. The lowest BCUT2D eigenvalue weighted by Crippen LogP contribution is -2.14. The van der Waals surface area contributed by atoms with Crippen LogP contribution in [0.15, 0.2) is 72.8 Å². The minimum atomic E-state index is -2.91. The molecule has 176 valence electrons. The van der Waals surface area contributed by atoms with Crippen molar-refractivity contribution in [2.24, 2.45) is 0 Å². The molecule has 0 radical (unpaired) electrons. The van der Waals surface area contributed by atoms with Gasteiger partial charge in [0.1, 0.15) is 17.2 Å². The minimum Gasteiger partial charge on any atom is -0.494 e. The molecule has 0 aliphatic rings. The number of anilines is 2. The van der Waals surface area contributed by atoms with E-state index in [9.17, 15) is 18.4 Å². The minimum absolute atomic E-state index is 0.0212. The van der Waals surface area contributed by atoms with Gasteiger partial charge in [-0.15, -0.1) is 0 Å². The number of halogens is 2. The van der Waals surface area contributed by atoms with Crippen molar-refractivity contribution in [1.29, 1.82) is 0 Å². The smallest absolute Gasteiger partial charge is 0.387 e. The highest BCUT2D eigenvalue weighted by atomic mass is 19.3. The molecule has 0 unspecified atom stereocenters. The van der Waals surface area contributed by atoms with Crippen molar-refractivity contribution in [3.63, 3.8) is 0 Å². The number of nitrogens with one attached hydrogen (secondary N) is 2. The van der Waals surface area contributed by atoms with E-state index in [1.807, 2.05) is 6.07 Å². The van der Waals surface area contributed by atoms with E-state index in [0.29, 0.717) is 34.0 Å². The lowest BCUT2D eigenvalue weighted by atomic mass is 10.2. The maximum absolute atomic E-state index is 12.5. The van der Waals surface area contributed by atoms with Crippen LogP contribution in [0.25, 0.3) is 6.08 Å². The van der Waals surface area contributed by atoms with Crippen molar-refractivity contribution in [2.45, 2.75) is 6.61 Å². The van der Waals surface area contributed by atoms with E-state index in [-0.39, 0.29) is 11.7 Å². The normalized spacial score (nSPS) is 10.7. The molecule has 0 fully saturated rings. The van der Waals surface area contributed by atoms with Crippen LogP contribution >= 0.6 is 0 Å². The average molecular weight is 468 g/mol. The molecular weight excluding hydrogens is 446 g/mol. The Balaban J connectivity index is 1.73. The Bertz CT molecular complexity index is 1170. The van der Waals surface area contributed by atoms with Crippen LogP contribution in [-0.2, 0) is 4.79 Å². The van der Waals surface area contributed by atoms with Crippen LogP contribution in [0.5, 0.6) is 17.2 Å². The summed E-state index contributed by atoms with van der Waals surface area (Å²) in [5.74, 6) is -0.147. The molecule has 0 spiro atoms. The van der Waals surface area contributed by atoms with Gasteiger partial charge in [0.15, 0.2) is 0 Å². The van der Waals surface area contributed by atoms with Crippen LogP contribution in [0.2, 0.25) is 0 Å². The fraction of sp³-hybridized carbons (Fsp3) is 0.120. The van der Waals surface area contributed by atoms with Crippen LogP contribution in [0, 0.1) is 0 Å². The maximum atomic E-state index is 12.5. The molecule has 7 nitrogen and oxygen atoms in total. The van der Waals surface area contributed by atoms with E-state index in [0.717, 1.165) is 0 Å². The first-order chi connectivity index (χ1) is 16.4. The fourth-order valence-corrected chi connectivity index (χ4v) is 2.98. The van der Waals surface area contributed by atoms with Gasteiger partial charge >= 0.3 is 6.61 Å². The van der Waals surface area contributed by atoms with Gasteiger partial charge in [0.25, 0.3) is 5.91 Å². The van der Waals surface area contributed by atoms with Crippen molar-refractivity contribution in [3.05, 3.63) is 83.9 Å². The predicted octanol–water partition coefficient (Wildman–Crippen LogP) is 5.21. The molecule has 0 aliphatic carbocycles. The average Bonchev–Trinajstić information content (AvgIpc) is 2.84. The fourth-order valence-electron chi connectivity index (χ4n) is 2.98. The summed E-state index contributed by atoms with van der Waals surface area (Å²) in [6.45, 7) is -2.91. The summed E-state index contributed by atoms with van der Waals surface area (Å²) < 4.78 is 39.5. The first kappa shape index (κ1) is 24.2. The molecule has 0 atom stereocenters. The number of rotatable bonds is 9. The molecule has 0 bridgehead atoms. The molecule has 0 aliphatic heterocycles. The van der Waals surface area contributed by atoms with E-state index in [4.69, 9.17) is 9.47 Å². The zero-order valence-electron chi connectivity index (χ0n) is 18.4. The van der Waals surface area contributed by atoms with Crippen molar-refractivity contribution in [3.8, 4) is 17.2 Å². The highest BCUT2D eigenvalue weighted by molar-refractivity contribution is 6.06. The molecule has 3 rings (SSSR count). The van der Waals surface area contributed by atoms with Crippen LogP contribution in [0.4, 0.5) is 20.2 Å². The van der Waals surface area contributed by atoms with E-state index in [1.54, 1.807) is 30.3 Å². The van der Waals surface area contributed by atoms with Gasteiger partial charge in [-0.1, -0.05) is 30.3 Å². The molecule has 34 heavy (non-hydrogen) atoms. The third-order valence-corrected chi connectivity index (χ3v) is 4.60. The van der Waals surface area contributed by atoms with Crippen molar-refractivity contribution in [2.75, 3.05) is 24.9 Å². The Morgan fingerprint density at radius 1 is 0.853 bits per heavy atom. The number of hydrogen-bond acceptors (Lipinski definition) is 5. The van der Waals surface area contributed by atoms with Crippen LogP contribution in [0.3, 0.4) is 0 Å². The Hall–Kier alpha value is -4.40. The zero-order chi connectivity index (χ0) is 24.5. The lowest BCUT2D eigenvalue weighted by Gasteiger charge is -2.16. The number of alkyl halides is 2. The Morgan fingerprint density at radius 2 is 1.44 bits per heavy atom. The predicted molar refractivity (Wildman–Crippen MR) is 125 cm³/mol. The monoisotopic (exact) mass is 468 g/mol. The van der Waals surface area contributed by atoms with Crippen molar-refractivity contribution in [1.82, 2.24) is 0 Å². The first-order valence-corrected chi connectivity index (χ1v) is 10.1. The van der Waals surface area contributed by atoms with Gasteiger partial charge < -0.3 is 24.8 Å². The van der Waals surface area contributed by atoms with E-state index in [1.165, 1.54) is 56.7 Å². The summed E-state index contributed by atoms with van der Waals surface area (Å²) in [5.41, 5.74) is 1.78. The number of amides is 2. The molecule has 3 aromatic carbocycles. The largest absolute Gasteiger partial charge is 0.494 e. The number of hydrogen-bond donors (Lipinski definition) is 2. The second-order valence-corrected chi connectivity index (χ2v) is 6.84. The molecule has 0 saturated carbocycles. The van der Waals surface area contributed by atoms with Gasteiger partial charge in [-0.05, 0) is 35.9 Å². The number of carbonyl (C=O) groups excluding carboxylic acids is 2. The zero-order valence-corrected chi connectivity index (χ0v) is 18.4. The van der Waals surface area contributed by atoms with Crippen molar-refractivity contribution < 1.29 is 32.6 Å². The molecule has 2 amide bonds. The van der Waals surface area contributed by atoms with Crippen LogP contribution in [0.1, 0.15) is 15.9 Å². The molecule has 3 aromatic rings. The molecule has 2 N–H and O–H groups in total. The molecule has 9 heteroatoms. The Kier molecular flexibility index (Phi) is 8.17. The standard InChI is InChI=1S/C25H22F2N2O5/c1-32-21-15-20(29-24(31)17-6-4-3-5-7-17)22(33-2)14-19(21)28-23(30)13-10-16-8-11-18(12-9-16)34-25(26)27/h3-15,25H,1-2H3,(H,28,30)(H,29,31)/b13-10+. The number of carbonyl (C=O) groups is 2. The van der Waals surface area contributed by atoms with E-state index in [2.05, 4.69) is 15.4 Å². The summed E-state index contributed by atoms with van der Waals surface area (Å²) in [7, 11) is 2.87. The SMILES string of the molecule is COc1cc(NC(=O)c2ccccc2)c(OC)cc1NC(=O)/C=C/c1ccc(OC(F)F)cc1. The molecular formula is C25H22F2N2O5. The van der Waals surface area contributed by atoms with Gasteiger partial charge in [-0.25, -0.2) is 0 Å². The third kappa shape index (κ3) is 6.55. The molecule has 0 aromatic heterocycles. The lowest BCUT2D eigenvalue weighted by molar-refractivity contribution is -0.111. The second-order valence-electron chi connectivity index (χ2n) is 6.84. The van der Waals surface area contributed by atoms with Gasteiger partial charge in [0.05, 0.1) is 25.6 Å². The number of ether oxygens (including phenoxy) is 3. The van der Waals surface area contributed by atoms with Crippen LogP contribution < -0.4 is 24.8 Å². The summed E-state index contributed by atoms with van der Waals surface area (Å²) in [6, 6.07) is 17.6. The second kappa shape index (κ2) is 11.5. The Morgan fingerprint density at radius 3 is 2.00 bits per heavy atom. The topological polar surface area (TPSA) is 85.9 Å². The highest BCUT2D eigenvalue weighted by Gasteiger charge is 2.15. The summed E-state index contributed by atoms with van der Waals surface area (Å²) in [5, 5.41) is 5.46. The first-order valence-electron chi connectivity index (χ1n) is 10.1. The summed E-state index contributed by atoms with van der Waals surface area (Å²) in [6.07, 6.45) is 2.79. The number of methoxy groups -OCH3 is 2. The summed E-state index contributed by atoms with van der Waals surface area (Å²) >= 11 is 0. The van der Waals surface area contributed by atoms with E-state index < -0.39 is 12.5 Å². The van der Waals surface area contributed by atoms with Crippen molar-refractivity contribution >= 4 is 29.3 Å². The summed E-state index contributed by atoms with van der Waals surface area (Å²) in [4.78, 5) is 24.9. The van der Waals surface area contributed by atoms with E-state index >= 15 is 0 Å². The van der Waals surface area contributed by atoms with Gasteiger partial charge in [-0.2, -0.15) is 8.78 Å². The van der Waals surface area contributed by atoms with Crippen LogP contribution in [-0.4, -0.2) is 32.6 Å². The van der Waals surface area contributed by atoms with Gasteiger partial charge in [-0.3, -0.25) is 9.59 Å². The Labute approximate surface area is 195 Å². The highest BCUT2D eigenvalue weighted by Crippen LogP contribution is 2.36. The van der Waals surface area contributed by atoms with Gasteiger partial charge in [0, 0.05) is 23.8 Å². The quantitative estimate of drug-likeness (QED) is 0.421. The number of benzene rings is 3. The maximum Gasteiger partial charge on any atom is 0.387 e. The molecule has 0 heterocycles. The van der Waals surface area contributed by atoms with Gasteiger partial charge in [0.2, 0.25) is 5.91 Å².